The van der Waals surface area contributed by atoms with Gasteiger partial charge in [0.25, 0.3) is 10.0 Å². The largest absolute Gasteiger partial charge is 0.494 e. The Morgan fingerprint density at radius 3 is 2.40 bits per heavy atom. The van der Waals surface area contributed by atoms with Gasteiger partial charge in [-0.05, 0) is 41.5 Å². The van der Waals surface area contributed by atoms with Crippen molar-refractivity contribution in [2.75, 3.05) is 11.8 Å². The first-order valence-electron chi connectivity index (χ1n) is 9.59. The fourth-order valence-corrected chi connectivity index (χ4v) is 5.12. The molecule has 0 fully saturated rings. The van der Waals surface area contributed by atoms with Gasteiger partial charge in [0, 0.05) is 11.6 Å². The SMILES string of the molecule is COc1c(Cl)cc2cc1S(=O)(=O)Nc1cc(c(F)cc1F)-c1ccc(C(F)(F)F)cc1COC2=O. The Kier molecular flexibility index (Phi) is 6.14. The van der Waals surface area contributed by atoms with Crippen LogP contribution in [-0.4, -0.2) is 21.5 Å². The molecule has 0 radical (unpaired) electrons. The third-order valence-corrected chi connectivity index (χ3v) is 6.77. The Morgan fingerprint density at radius 1 is 1.03 bits per heavy atom. The Hall–Kier alpha value is -3.38. The van der Waals surface area contributed by atoms with E-state index in [9.17, 15) is 35.2 Å². The van der Waals surface area contributed by atoms with Crippen LogP contribution in [0.5, 0.6) is 5.75 Å². The molecule has 0 amide bonds. The van der Waals surface area contributed by atoms with Gasteiger partial charge >= 0.3 is 12.1 Å². The number of alkyl halides is 3. The Bertz CT molecular complexity index is 1470. The fraction of sp³-hybridized carbons (Fsp3) is 0.136. The first-order valence-corrected chi connectivity index (χ1v) is 11.4. The molecule has 0 atom stereocenters. The van der Waals surface area contributed by atoms with Crippen molar-refractivity contribution >= 4 is 33.3 Å². The summed E-state index contributed by atoms with van der Waals surface area (Å²) in [6.07, 6.45) is -4.76. The van der Waals surface area contributed by atoms with E-state index in [1.165, 1.54) is 0 Å². The van der Waals surface area contributed by atoms with E-state index in [2.05, 4.69) is 0 Å². The van der Waals surface area contributed by atoms with Crippen LogP contribution in [0.2, 0.25) is 5.02 Å². The zero-order valence-corrected chi connectivity index (χ0v) is 19.0. The van der Waals surface area contributed by atoms with Crippen LogP contribution in [0.25, 0.3) is 11.1 Å². The van der Waals surface area contributed by atoms with Crippen molar-refractivity contribution in [3.05, 3.63) is 75.8 Å². The Labute approximate surface area is 200 Å². The predicted molar refractivity (Wildman–Crippen MR) is 115 cm³/mol. The van der Waals surface area contributed by atoms with Gasteiger partial charge < -0.3 is 9.47 Å². The van der Waals surface area contributed by atoms with Crippen molar-refractivity contribution in [3.8, 4) is 16.9 Å². The second kappa shape index (κ2) is 8.68. The number of anilines is 1. The molecule has 3 aromatic carbocycles. The van der Waals surface area contributed by atoms with E-state index in [1.54, 1.807) is 0 Å². The molecule has 0 aromatic heterocycles. The number of carbonyl (C=O) groups excluding carboxylic acids is 1. The maximum absolute atomic E-state index is 14.7. The van der Waals surface area contributed by atoms with E-state index in [-0.39, 0.29) is 27.5 Å². The quantitative estimate of drug-likeness (QED) is 0.317. The third kappa shape index (κ3) is 4.63. The number of cyclic esters (lactones) is 1. The van der Waals surface area contributed by atoms with Crippen LogP contribution >= 0.6 is 11.6 Å². The van der Waals surface area contributed by atoms with Crippen LogP contribution in [0.1, 0.15) is 21.5 Å². The zero-order chi connectivity index (χ0) is 25.7. The maximum Gasteiger partial charge on any atom is 0.416 e. The number of benzene rings is 3. The maximum atomic E-state index is 14.7. The summed E-state index contributed by atoms with van der Waals surface area (Å²) in [6, 6.07) is 5.28. The molecule has 1 heterocycles. The zero-order valence-electron chi connectivity index (χ0n) is 17.5. The average Bonchev–Trinajstić information content (AvgIpc) is 2.77. The van der Waals surface area contributed by atoms with E-state index in [4.69, 9.17) is 21.1 Å². The monoisotopic (exact) mass is 533 g/mol. The highest BCUT2D eigenvalue weighted by Crippen LogP contribution is 2.39. The minimum atomic E-state index is -4.76. The average molecular weight is 534 g/mol. The number of carbonyl (C=O) groups is 1. The van der Waals surface area contributed by atoms with E-state index in [1.807, 2.05) is 4.72 Å². The number of nitrogens with one attached hydrogen (secondary N) is 1. The van der Waals surface area contributed by atoms with Gasteiger partial charge in [0.15, 0.2) is 5.75 Å². The first-order chi connectivity index (χ1) is 16.3. The molecule has 0 aliphatic carbocycles. The number of sulfonamides is 1. The van der Waals surface area contributed by atoms with Crippen molar-refractivity contribution in [2.24, 2.45) is 0 Å². The molecule has 3 aromatic rings. The van der Waals surface area contributed by atoms with Gasteiger partial charge in [0.2, 0.25) is 0 Å². The topological polar surface area (TPSA) is 81.7 Å². The van der Waals surface area contributed by atoms with Crippen molar-refractivity contribution < 1.29 is 44.6 Å². The van der Waals surface area contributed by atoms with E-state index >= 15 is 0 Å². The molecule has 13 heteroatoms. The normalized spacial score (nSPS) is 15.0. The van der Waals surface area contributed by atoms with E-state index < -0.39 is 62.1 Å². The molecule has 1 aliphatic heterocycles. The number of hydrogen-bond donors (Lipinski definition) is 1. The molecular formula is C22H13ClF5NO5S. The fourth-order valence-electron chi connectivity index (χ4n) is 3.50. The Morgan fingerprint density at radius 2 is 1.74 bits per heavy atom. The lowest BCUT2D eigenvalue weighted by molar-refractivity contribution is -0.137. The van der Waals surface area contributed by atoms with Gasteiger partial charge in [-0.1, -0.05) is 17.7 Å². The van der Waals surface area contributed by atoms with Crippen molar-refractivity contribution in [1.82, 2.24) is 0 Å². The highest BCUT2D eigenvalue weighted by Gasteiger charge is 2.32. The summed E-state index contributed by atoms with van der Waals surface area (Å²) >= 11 is 6.06. The van der Waals surface area contributed by atoms with Gasteiger partial charge in [0.1, 0.15) is 23.1 Å². The molecule has 6 nitrogen and oxygen atoms in total. The van der Waals surface area contributed by atoms with Crippen molar-refractivity contribution in [3.63, 3.8) is 0 Å². The minimum Gasteiger partial charge on any atom is -0.494 e. The molecule has 4 bridgehead atoms. The molecular weight excluding hydrogens is 521 g/mol. The number of rotatable bonds is 1. The lowest BCUT2D eigenvalue weighted by Crippen LogP contribution is -2.16. The summed E-state index contributed by atoms with van der Waals surface area (Å²) in [5.41, 5.74) is -3.05. The number of halogens is 6. The third-order valence-electron chi connectivity index (χ3n) is 5.12. The van der Waals surface area contributed by atoms with Crippen LogP contribution in [-0.2, 0) is 27.5 Å². The molecule has 0 saturated carbocycles. The van der Waals surface area contributed by atoms with Crippen LogP contribution in [0, 0.1) is 11.6 Å². The van der Waals surface area contributed by atoms with Crippen molar-refractivity contribution in [1.29, 1.82) is 0 Å². The lowest BCUT2D eigenvalue weighted by Gasteiger charge is -2.16. The number of methoxy groups -OCH3 is 1. The summed E-state index contributed by atoms with van der Waals surface area (Å²) in [7, 11) is -3.56. The summed E-state index contributed by atoms with van der Waals surface area (Å²) in [5, 5.41) is -0.308. The summed E-state index contributed by atoms with van der Waals surface area (Å²) in [6.45, 7) is -0.747. The second-order valence-electron chi connectivity index (χ2n) is 7.35. The van der Waals surface area contributed by atoms with E-state index in [0.29, 0.717) is 18.2 Å². The van der Waals surface area contributed by atoms with Crippen LogP contribution in [0.15, 0.2) is 47.4 Å². The molecule has 4 rings (SSSR count). The van der Waals surface area contributed by atoms with Gasteiger partial charge in [-0.15, -0.1) is 0 Å². The molecule has 184 valence electrons. The lowest BCUT2D eigenvalue weighted by atomic mass is 9.96. The van der Waals surface area contributed by atoms with E-state index in [0.717, 1.165) is 31.4 Å². The number of fused-ring (bicyclic) bond motifs is 6. The summed E-state index contributed by atoms with van der Waals surface area (Å²) < 4.78 is 107. The summed E-state index contributed by atoms with van der Waals surface area (Å²) in [4.78, 5) is 12.0. The molecule has 0 saturated heterocycles. The molecule has 0 unspecified atom stereocenters. The van der Waals surface area contributed by atoms with Crippen LogP contribution in [0.3, 0.4) is 0 Å². The minimum absolute atomic E-state index is 0.176. The van der Waals surface area contributed by atoms with Crippen LogP contribution < -0.4 is 9.46 Å². The number of esters is 1. The summed E-state index contributed by atoms with van der Waals surface area (Å²) in [5.74, 6) is -3.99. The highest BCUT2D eigenvalue weighted by molar-refractivity contribution is 7.92. The Balaban J connectivity index is 2.02. The molecule has 35 heavy (non-hydrogen) atoms. The second-order valence-corrected chi connectivity index (χ2v) is 9.41. The number of ether oxygens (including phenoxy) is 2. The molecule has 0 spiro atoms. The first kappa shape index (κ1) is 24.7. The van der Waals surface area contributed by atoms with Gasteiger partial charge in [-0.2, -0.15) is 13.2 Å². The van der Waals surface area contributed by atoms with Crippen LogP contribution in [0.4, 0.5) is 27.6 Å². The highest BCUT2D eigenvalue weighted by atomic mass is 35.5. The van der Waals surface area contributed by atoms with Crippen molar-refractivity contribution in [2.45, 2.75) is 17.7 Å². The van der Waals surface area contributed by atoms with Gasteiger partial charge in [-0.3, -0.25) is 4.72 Å². The predicted octanol–water partition coefficient (Wildman–Crippen LogP) is 5.78. The molecule has 1 aliphatic rings. The smallest absolute Gasteiger partial charge is 0.416 e. The van der Waals surface area contributed by atoms with Gasteiger partial charge in [-0.25, -0.2) is 22.0 Å². The van der Waals surface area contributed by atoms with Gasteiger partial charge in [0.05, 0.1) is 28.9 Å². The standard InChI is InChI=1S/C22H13ClF5NO5S/c1-33-20-15(23)5-10-6-19(20)35(31,32)29-18-7-14(16(24)8-17(18)25)13-3-2-12(22(26,27)28)4-11(13)9-34-21(10)30/h2-8,29H,9H2,1H3. The number of hydrogen-bond acceptors (Lipinski definition) is 5. The molecule has 1 N–H and O–H groups in total.